The second kappa shape index (κ2) is 37.8. The van der Waals surface area contributed by atoms with E-state index in [1.807, 2.05) is 18.2 Å². The molecule has 29 nitrogen and oxygen atoms in total. The number of aromatic nitrogens is 2. The Morgan fingerprint density at radius 2 is 1.05 bits per heavy atom. The summed E-state index contributed by atoms with van der Waals surface area (Å²) < 4.78 is 13.7. The summed E-state index contributed by atoms with van der Waals surface area (Å²) >= 11 is 6.09. The maximum Gasteiger partial charge on any atom is 0.249 e. The number of amides is 11. The quantitative estimate of drug-likeness (QED) is 0.0153. The van der Waals surface area contributed by atoms with Crippen molar-refractivity contribution in [1.82, 2.24) is 68.0 Å². The third-order valence-corrected chi connectivity index (χ3v) is 18.1. The van der Waals surface area contributed by atoms with Crippen LogP contribution in [0.3, 0.4) is 0 Å². The molecule has 0 bridgehead atoms. The summed E-state index contributed by atoms with van der Waals surface area (Å²) in [5, 5.41) is 56.9. The van der Waals surface area contributed by atoms with Gasteiger partial charge in [0.15, 0.2) is 5.96 Å². The van der Waals surface area contributed by atoms with E-state index in [4.69, 9.17) is 28.5 Å². The number of fused-ring (bicyclic) bond motifs is 2. The van der Waals surface area contributed by atoms with Crippen molar-refractivity contribution in [3.8, 4) is 5.75 Å². The standard InChI is InChI=1S/C74H90ClFN16O13/c1-40(2)31-57(66(98)85-56(15-9-29-80-74(78)79)73(105)92-30-10-16-63(92)72(104)83-41(3)64(96)91-70(102)58(84-42(4)94)33-44-19-25-49(76)26-20-44)87-68(100)61(36-47-38-82-55-14-8-6-12-52(47)55)89-67(99)59(34-45-21-27-50(95)28-22-45)88-71(103)62(39-93)90-69(101)60(35-46-37-81-54-13-7-5-11-51(46)54)86-65(97)53(77)32-43-17-23-48(75)24-18-43/h5-8,11-14,17-28,37-38,40-41,53,56-63,81-82,93,95H,9-10,15-16,29-36,39,77H2,1-4H3,(H,83,104)(H,84,94)(H,85,98)(H,86,97)(H,87,100)(H,88,103)(H,89,99)(H,90,101)(H4,78,79,80)(H,91,96,102)/t41-,53-,56+,57+,58-,59+,60-,61-,62+,63+/m1/s1. The number of benzene rings is 5. The minimum atomic E-state index is -1.76. The predicted molar refractivity (Wildman–Crippen MR) is 389 cm³/mol. The topological polar surface area (TPSA) is 459 Å². The molecule has 1 saturated heterocycles. The van der Waals surface area contributed by atoms with Gasteiger partial charge in [0, 0.05) is 84.9 Å². The Morgan fingerprint density at radius 3 is 1.59 bits per heavy atom. The summed E-state index contributed by atoms with van der Waals surface area (Å²) in [7, 11) is 0. The Balaban J connectivity index is 1.01. The van der Waals surface area contributed by atoms with E-state index in [2.05, 4.69) is 63.1 Å². The molecular formula is C74H90ClFN16O13. The number of halogens is 2. The number of para-hydroxylation sites is 2. The van der Waals surface area contributed by atoms with Crippen LogP contribution in [0.1, 0.15) is 87.6 Å². The van der Waals surface area contributed by atoms with E-state index in [-0.39, 0.29) is 88.5 Å². The molecule has 2 aromatic heterocycles. The van der Waals surface area contributed by atoms with E-state index in [1.165, 1.54) is 67.3 Å². The van der Waals surface area contributed by atoms with E-state index < -0.39 is 138 Å². The molecule has 105 heavy (non-hydrogen) atoms. The molecule has 3 heterocycles. The maximum atomic E-state index is 15.2. The van der Waals surface area contributed by atoms with Crippen molar-refractivity contribution in [3.05, 3.63) is 172 Å². The maximum absolute atomic E-state index is 15.2. The van der Waals surface area contributed by atoms with Gasteiger partial charge in [0.25, 0.3) is 0 Å². The minimum absolute atomic E-state index is 0.0243. The highest BCUT2D eigenvalue weighted by Crippen LogP contribution is 2.24. The second-order valence-corrected chi connectivity index (χ2v) is 26.9. The van der Waals surface area contributed by atoms with Gasteiger partial charge in [-0.05, 0) is 128 Å². The highest BCUT2D eigenvalue weighted by atomic mass is 35.5. The van der Waals surface area contributed by atoms with Gasteiger partial charge >= 0.3 is 0 Å². The molecule has 8 rings (SSSR count). The second-order valence-electron chi connectivity index (χ2n) is 26.5. The molecule has 19 N–H and O–H groups in total. The SMILES string of the molecule is CC(=O)N[C@H](Cc1ccc(F)cc1)C(=O)NC(=O)[C@@H](C)NC(=O)[C@@H]1CCCN1C(=O)[C@H](CCCNC(=N)N)NC(=O)[C@H](CC(C)C)NC(=O)[C@@H](Cc1c[nH]c2ccccc12)NC(=O)[C@H](Cc1ccc(O)cc1)NC(=O)[C@H](CO)NC(=O)[C@@H](Cc1c[nH]c2ccccc12)NC(=O)[C@H](N)Cc1ccc(Cl)cc1. The lowest BCUT2D eigenvalue weighted by atomic mass is 9.99. The number of hydrogen-bond donors (Lipinski definition) is 17. The Kier molecular flexibility index (Phi) is 28.6. The van der Waals surface area contributed by atoms with Gasteiger partial charge in [-0.3, -0.25) is 63.5 Å². The van der Waals surface area contributed by atoms with Crippen LogP contribution in [-0.4, -0.2) is 176 Å². The fourth-order valence-corrected chi connectivity index (χ4v) is 12.5. The summed E-state index contributed by atoms with van der Waals surface area (Å²) in [6, 6.07) is 18.0. The van der Waals surface area contributed by atoms with Crippen molar-refractivity contribution in [2.75, 3.05) is 19.7 Å². The van der Waals surface area contributed by atoms with Gasteiger partial charge in [-0.15, -0.1) is 0 Å². The highest BCUT2D eigenvalue weighted by Gasteiger charge is 2.41. The number of aliphatic hydroxyl groups excluding tert-OH is 1. The number of imide groups is 1. The number of aromatic amines is 2. The Morgan fingerprint density at radius 1 is 0.581 bits per heavy atom. The van der Waals surface area contributed by atoms with Crippen molar-refractivity contribution in [2.24, 2.45) is 17.4 Å². The van der Waals surface area contributed by atoms with Gasteiger partial charge < -0.3 is 84.4 Å². The first-order chi connectivity index (χ1) is 50.1. The van der Waals surface area contributed by atoms with Crippen molar-refractivity contribution in [3.63, 3.8) is 0 Å². The van der Waals surface area contributed by atoms with Crippen molar-refractivity contribution >= 4 is 104 Å². The first kappa shape index (κ1) is 79.5. The van der Waals surface area contributed by atoms with Gasteiger partial charge in [0.2, 0.25) is 65.0 Å². The number of nitrogens with one attached hydrogen (secondary N) is 13. The van der Waals surface area contributed by atoms with Crippen molar-refractivity contribution in [1.29, 1.82) is 5.41 Å². The molecule has 11 amide bonds. The van der Waals surface area contributed by atoms with Crippen LogP contribution in [0, 0.1) is 17.1 Å². The molecule has 558 valence electrons. The van der Waals surface area contributed by atoms with E-state index >= 15 is 9.59 Å². The molecule has 0 saturated carbocycles. The molecule has 0 spiro atoms. The van der Waals surface area contributed by atoms with Gasteiger partial charge in [0.05, 0.1) is 12.6 Å². The summed E-state index contributed by atoms with van der Waals surface area (Å²) in [5.74, 6) is -10.5. The Bertz CT molecular complexity index is 4250. The molecule has 0 unspecified atom stereocenters. The third-order valence-electron chi connectivity index (χ3n) is 17.8. The predicted octanol–water partition coefficient (Wildman–Crippen LogP) is 1.84. The molecule has 31 heteroatoms. The van der Waals surface area contributed by atoms with Gasteiger partial charge in [0.1, 0.15) is 65.9 Å². The number of carbonyl (C=O) groups excluding carboxylic acids is 11. The summed E-state index contributed by atoms with van der Waals surface area (Å²) in [5.41, 5.74) is 16.1. The van der Waals surface area contributed by atoms with Crippen molar-refractivity contribution < 1.29 is 67.3 Å². The third kappa shape index (κ3) is 23.1. The highest BCUT2D eigenvalue weighted by molar-refractivity contribution is 6.30. The number of aliphatic hydroxyl groups is 1. The average Bonchev–Trinajstić information content (AvgIpc) is 1.64. The minimum Gasteiger partial charge on any atom is -0.508 e. The number of H-pyrrole nitrogens is 2. The molecule has 0 radical (unpaired) electrons. The lowest BCUT2D eigenvalue weighted by Crippen LogP contribution is -2.61. The zero-order valence-electron chi connectivity index (χ0n) is 58.5. The van der Waals surface area contributed by atoms with Crippen LogP contribution < -0.4 is 64.6 Å². The first-order valence-corrected chi connectivity index (χ1v) is 34.9. The fraction of sp³-hybridized carbons (Fsp3) is 0.378. The molecular weight excluding hydrogens is 1380 g/mol. The number of guanidine groups is 1. The van der Waals surface area contributed by atoms with E-state index in [0.29, 0.717) is 50.2 Å². The molecule has 0 aliphatic carbocycles. The lowest BCUT2D eigenvalue weighted by Gasteiger charge is -2.31. The summed E-state index contributed by atoms with van der Waals surface area (Å²) in [6.45, 7) is 5.16. The van der Waals surface area contributed by atoms with Crippen molar-refractivity contribution in [2.45, 2.75) is 152 Å². The normalized spacial score (nSPS) is 15.3. The number of aromatic hydroxyl groups is 1. The van der Waals surface area contributed by atoms with Crippen LogP contribution in [0.5, 0.6) is 5.75 Å². The number of carbonyl (C=O) groups is 11. The number of hydrogen-bond acceptors (Lipinski definition) is 15. The number of rotatable bonds is 35. The molecule has 1 aliphatic rings. The number of phenols is 1. The van der Waals surface area contributed by atoms with E-state index in [1.54, 1.807) is 80.8 Å². The van der Waals surface area contributed by atoms with Gasteiger partial charge in [-0.25, -0.2) is 4.39 Å². The number of likely N-dealkylation sites (tertiary alicyclic amines) is 1. The van der Waals surface area contributed by atoms with Crippen LogP contribution >= 0.6 is 11.6 Å². The number of phenolic OH excluding ortho intramolecular Hbond substituents is 1. The number of nitrogens with two attached hydrogens (primary N) is 2. The lowest BCUT2D eigenvalue weighted by molar-refractivity contribution is -0.143. The summed E-state index contributed by atoms with van der Waals surface area (Å²) in [4.78, 5) is 164. The Labute approximate surface area is 609 Å². The molecule has 1 aliphatic heterocycles. The monoisotopic (exact) mass is 1460 g/mol. The smallest absolute Gasteiger partial charge is 0.249 e. The number of nitrogens with zero attached hydrogens (tertiary/aromatic N) is 1. The van der Waals surface area contributed by atoms with Crippen LogP contribution in [0.15, 0.2) is 134 Å². The van der Waals surface area contributed by atoms with Crippen LogP contribution in [0.25, 0.3) is 21.8 Å². The first-order valence-electron chi connectivity index (χ1n) is 34.5. The summed E-state index contributed by atoms with van der Waals surface area (Å²) in [6.07, 6.45) is 3.17. The van der Waals surface area contributed by atoms with Gasteiger partial charge in [-0.2, -0.15) is 0 Å². The van der Waals surface area contributed by atoms with Crippen LogP contribution in [0.2, 0.25) is 5.02 Å². The molecule has 5 aromatic carbocycles. The molecule has 10 atom stereocenters. The molecule has 7 aromatic rings. The van der Waals surface area contributed by atoms with E-state index in [9.17, 15) is 57.8 Å². The molecule has 1 fully saturated rings. The zero-order valence-corrected chi connectivity index (χ0v) is 59.2. The van der Waals surface area contributed by atoms with Crippen LogP contribution in [-0.2, 0) is 84.8 Å². The average molecular weight is 1470 g/mol. The van der Waals surface area contributed by atoms with Gasteiger partial charge in [-0.1, -0.05) is 98.2 Å². The zero-order chi connectivity index (χ0) is 76.0. The largest absolute Gasteiger partial charge is 0.508 e. The van der Waals surface area contributed by atoms with Crippen LogP contribution in [0.4, 0.5) is 4.39 Å². The van der Waals surface area contributed by atoms with E-state index in [0.717, 1.165) is 10.9 Å². The fourth-order valence-electron chi connectivity index (χ4n) is 12.3. The Hall–Kier alpha value is -11.2.